The fourth-order valence-corrected chi connectivity index (χ4v) is 2.60. The molecule has 3 aromatic rings. The highest BCUT2D eigenvalue weighted by Gasteiger charge is 2.20. The van der Waals surface area contributed by atoms with E-state index in [9.17, 15) is 13.6 Å². The Bertz CT molecular complexity index is 934. The number of aryl methyl sites for hydroxylation is 2. The fourth-order valence-electron chi connectivity index (χ4n) is 2.60. The quantitative estimate of drug-likeness (QED) is 0.774. The standard InChI is InChI=1S/C19H17F2N3O/c1-3-12-5-4-6-14(9-12)22-19(25)16-11-24(2)23-18(16)15-8-7-13(20)10-17(15)21/h4-11H,3H2,1-2H3,(H,22,25). The molecule has 0 aliphatic rings. The second-order valence-corrected chi connectivity index (χ2v) is 5.70. The molecule has 0 fully saturated rings. The highest BCUT2D eigenvalue weighted by molar-refractivity contribution is 6.08. The molecule has 1 amide bonds. The van der Waals surface area contributed by atoms with Crippen LogP contribution in [0.1, 0.15) is 22.8 Å². The molecule has 3 rings (SSSR count). The molecule has 25 heavy (non-hydrogen) atoms. The smallest absolute Gasteiger partial charge is 0.259 e. The Balaban J connectivity index is 1.96. The van der Waals surface area contributed by atoms with Gasteiger partial charge in [0.15, 0.2) is 0 Å². The van der Waals surface area contributed by atoms with Crippen LogP contribution in [0.15, 0.2) is 48.7 Å². The highest BCUT2D eigenvalue weighted by Crippen LogP contribution is 2.26. The lowest BCUT2D eigenvalue weighted by Crippen LogP contribution is -2.12. The maximum atomic E-state index is 14.1. The topological polar surface area (TPSA) is 46.9 Å². The molecule has 128 valence electrons. The van der Waals surface area contributed by atoms with Crippen molar-refractivity contribution >= 4 is 11.6 Å². The molecule has 0 unspecified atom stereocenters. The summed E-state index contributed by atoms with van der Waals surface area (Å²) in [5, 5.41) is 6.96. The minimum Gasteiger partial charge on any atom is -0.322 e. The molecule has 1 heterocycles. The molecule has 6 heteroatoms. The molecule has 1 N–H and O–H groups in total. The van der Waals surface area contributed by atoms with E-state index >= 15 is 0 Å². The Morgan fingerprint density at radius 1 is 1.20 bits per heavy atom. The van der Waals surface area contributed by atoms with Gasteiger partial charge in [0.25, 0.3) is 5.91 Å². The van der Waals surface area contributed by atoms with E-state index in [-0.39, 0.29) is 16.8 Å². The average Bonchev–Trinajstić information content (AvgIpc) is 2.96. The molecule has 4 nitrogen and oxygen atoms in total. The molecule has 0 saturated carbocycles. The second-order valence-electron chi connectivity index (χ2n) is 5.70. The number of anilines is 1. The number of carbonyl (C=O) groups excluding carboxylic acids is 1. The molecule has 0 bridgehead atoms. The number of nitrogens with zero attached hydrogens (tertiary/aromatic N) is 2. The lowest BCUT2D eigenvalue weighted by molar-refractivity contribution is 0.102. The van der Waals surface area contributed by atoms with Gasteiger partial charge in [-0.15, -0.1) is 0 Å². The molecule has 0 saturated heterocycles. The molecular weight excluding hydrogens is 324 g/mol. The SMILES string of the molecule is CCc1cccc(NC(=O)c2cn(C)nc2-c2ccc(F)cc2F)c1. The first-order chi connectivity index (χ1) is 12.0. The van der Waals surface area contributed by atoms with Gasteiger partial charge in [0.05, 0.1) is 5.56 Å². The number of nitrogens with one attached hydrogen (secondary N) is 1. The summed E-state index contributed by atoms with van der Waals surface area (Å²) in [4.78, 5) is 12.6. The van der Waals surface area contributed by atoms with Crippen LogP contribution in [0.4, 0.5) is 14.5 Å². The van der Waals surface area contributed by atoms with E-state index in [0.29, 0.717) is 5.69 Å². The van der Waals surface area contributed by atoms with E-state index in [2.05, 4.69) is 10.4 Å². The van der Waals surface area contributed by atoms with Crippen LogP contribution < -0.4 is 5.32 Å². The van der Waals surface area contributed by atoms with Crippen molar-refractivity contribution in [2.75, 3.05) is 5.32 Å². The summed E-state index contributed by atoms with van der Waals surface area (Å²) in [5.41, 5.74) is 2.21. The van der Waals surface area contributed by atoms with Crippen molar-refractivity contribution in [3.63, 3.8) is 0 Å². The Morgan fingerprint density at radius 2 is 2.00 bits per heavy atom. The lowest BCUT2D eigenvalue weighted by atomic mass is 10.1. The highest BCUT2D eigenvalue weighted by atomic mass is 19.1. The van der Waals surface area contributed by atoms with Crippen LogP contribution in [0.3, 0.4) is 0 Å². The first kappa shape index (κ1) is 16.8. The van der Waals surface area contributed by atoms with Gasteiger partial charge in [0.2, 0.25) is 0 Å². The molecule has 0 radical (unpaired) electrons. The van der Waals surface area contributed by atoms with Gasteiger partial charge in [-0.1, -0.05) is 19.1 Å². The minimum atomic E-state index is -0.763. The van der Waals surface area contributed by atoms with Crippen LogP contribution in [0, 0.1) is 11.6 Å². The van der Waals surface area contributed by atoms with E-state index < -0.39 is 17.5 Å². The summed E-state index contributed by atoms with van der Waals surface area (Å²) in [6, 6.07) is 10.7. The van der Waals surface area contributed by atoms with E-state index in [0.717, 1.165) is 24.1 Å². The number of benzene rings is 2. The van der Waals surface area contributed by atoms with Crippen molar-refractivity contribution in [1.29, 1.82) is 0 Å². The third-order valence-corrected chi connectivity index (χ3v) is 3.85. The van der Waals surface area contributed by atoms with Gasteiger partial charge in [-0.25, -0.2) is 8.78 Å². The first-order valence-electron chi connectivity index (χ1n) is 7.87. The van der Waals surface area contributed by atoms with Gasteiger partial charge >= 0.3 is 0 Å². The number of rotatable bonds is 4. The number of hydrogen-bond acceptors (Lipinski definition) is 2. The average molecular weight is 341 g/mol. The lowest BCUT2D eigenvalue weighted by Gasteiger charge is -2.07. The van der Waals surface area contributed by atoms with Gasteiger partial charge in [-0.05, 0) is 36.2 Å². The van der Waals surface area contributed by atoms with Crippen molar-refractivity contribution < 1.29 is 13.6 Å². The van der Waals surface area contributed by atoms with Gasteiger partial charge in [-0.2, -0.15) is 5.10 Å². The molecule has 2 aromatic carbocycles. The third-order valence-electron chi connectivity index (χ3n) is 3.85. The maximum absolute atomic E-state index is 14.1. The monoisotopic (exact) mass is 341 g/mol. The second kappa shape index (κ2) is 6.84. The van der Waals surface area contributed by atoms with E-state index in [1.54, 1.807) is 13.1 Å². The predicted molar refractivity (Wildman–Crippen MR) is 92.3 cm³/mol. The molecule has 0 atom stereocenters. The number of amides is 1. The zero-order valence-corrected chi connectivity index (χ0v) is 13.9. The zero-order chi connectivity index (χ0) is 18.0. The number of halogens is 2. The molecule has 1 aromatic heterocycles. The van der Waals surface area contributed by atoms with Crippen molar-refractivity contribution in [2.45, 2.75) is 13.3 Å². The molecule has 0 aliphatic heterocycles. The first-order valence-corrected chi connectivity index (χ1v) is 7.87. The fraction of sp³-hybridized carbons (Fsp3) is 0.158. The Hall–Kier alpha value is -3.02. The normalized spacial score (nSPS) is 10.7. The summed E-state index contributed by atoms with van der Waals surface area (Å²) < 4.78 is 28.7. The van der Waals surface area contributed by atoms with Gasteiger partial charge < -0.3 is 5.32 Å². The summed E-state index contributed by atoms with van der Waals surface area (Å²) >= 11 is 0. The summed E-state index contributed by atoms with van der Waals surface area (Å²) in [5.74, 6) is -1.85. The summed E-state index contributed by atoms with van der Waals surface area (Å²) in [6.07, 6.45) is 2.36. The van der Waals surface area contributed by atoms with Crippen LogP contribution in [0.5, 0.6) is 0 Å². The van der Waals surface area contributed by atoms with Gasteiger partial charge in [0, 0.05) is 30.6 Å². The third kappa shape index (κ3) is 3.57. The van der Waals surface area contributed by atoms with Gasteiger partial charge in [-0.3, -0.25) is 9.48 Å². The zero-order valence-electron chi connectivity index (χ0n) is 13.9. The summed E-state index contributed by atoms with van der Waals surface area (Å²) in [6.45, 7) is 2.03. The Morgan fingerprint density at radius 3 is 2.72 bits per heavy atom. The maximum Gasteiger partial charge on any atom is 0.259 e. The minimum absolute atomic E-state index is 0.0782. The Kier molecular flexibility index (Phi) is 4.61. The number of hydrogen-bond donors (Lipinski definition) is 1. The largest absolute Gasteiger partial charge is 0.322 e. The van der Waals surface area contributed by atoms with E-state index in [1.165, 1.54) is 16.9 Å². The Labute approximate surface area is 144 Å². The van der Waals surface area contributed by atoms with Crippen LogP contribution in [0.2, 0.25) is 0 Å². The molecule has 0 aliphatic carbocycles. The van der Waals surface area contributed by atoms with Crippen molar-refractivity contribution in [3.8, 4) is 11.3 Å². The van der Waals surface area contributed by atoms with Crippen LogP contribution in [-0.2, 0) is 13.5 Å². The predicted octanol–water partition coefficient (Wildman–Crippen LogP) is 4.18. The number of aromatic nitrogens is 2. The van der Waals surface area contributed by atoms with Crippen molar-refractivity contribution in [2.24, 2.45) is 7.05 Å². The molecular formula is C19H17F2N3O. The van der Waals surface area contributed by atoms with E-state index in [1.807, 2.05) is 25.1 Å². The van der Waals surface area contributed by atoms with Crippen LogP contribution in [0.25, 0.3) is 11.3 Å². The van der Waals surface area contributed by atoms with Crippen molar-refractivity contribution in [3.05, 3.63) is 71.4 Å². The van der Waals surface area contributed by atoms with E-state index in [4.69, 9.17) is 0 Å². The van der Waals surface area contributed by atoms with Crippen LogP contribution in [-0.4, -0.2) is 15.7 Å². The van der Waals surface area contributed by atoms with Gasteiger partial charge in [0.1, 0.15) is 17.3 Å². The van der Waals surface area contributed by atoms with Crippen molar-refractivity contribution in [1.82, 2.24) is 9.78 Å². The summed E-state index contributed by atoms with van der Waals surface area (Å²) in [7, 11) is 1.64. The number of carbonyl (C=O) groups is 1. The van der Waals surface area contributed by atoms with Crippen LogP contribution >= 0.6 is 0 Å². The molecule has 0 spiro atoms.